The zero-order valence-electron chi connectivity index (χ0n) is 12.5. The molecule has 1 N–H and O–H groups in total. The van der Waals surface area contributed by atoms with Crippen LogP contribution in [-0.2, 0) is 6.18 Å². The van der Waals surface area contributed by atoms with Gasteiger partial charge in [-0.1, -0.05) is 6.92 Å². The van der Waals surface area contributed by atoms with Gasteiger partial charge in [0, 0.05) is 26.2 Å². The van der Waals surface area contributed by atoms with Crippen molar-refractivity contribution in [3.05, 3.63) is 11.8 Å². The van der Waals surface area contributed by atoms with Crippen molar-refractivity contribution in [3.63, 3.8) is 0 Å². The fourth-order valence-corrected chi connectivity index (χ4v) is 2.46. The number of nitrogens with zero attached hydrogens (tertiary/aromatic N) is 3. The van der Waals surface area contributed by atoms with Gasteiger partial charge in [-0.25, -0.2) is 4.98 Å². The van der Waals surface area contributed by atoms with Gasteiger partial charge in [0.2, 0.25) is 5.95 Å². The lowest BCUT2D eigenvalue weighted by atomic mass is 9.87. The van der Waals surface area contributed by atoms with E-state index in [2.05, 4.69) is 22.2 Å². The third-order valence-electron chi connectivity index (χ3n) is 3.81. The van der Waals surface area contributed by atoms with E-state index in [1.54, 1.807) is 19.0 Å². The molecule has 0 unspecified atom stereocenters. The summed E-state index contributed by atoms with van der Waals surface area (Å²) in [5.41, 5.74) is -0.909. The van der Waals surface area contributed by atoms with E-state index in [0.29, 0.717) is 5.92 Å². The van der Waals surface area contributed by atoms with Crippen molar-refractivity contribution < 1.29 is 13.2 Å². The lowest BCUT2D eigenvalue weighted by Gasteiger charge is -2.27. The number of anilines is 2. The van der Waals surface area contributed by atoms with Crippen LogP contribution >= 0.6 is 0 Å². The largest absolute Gasteiger partial charge is 0.433 e. The summed E-state index contributed by atoms with van der Waals surface area (Å²) in [4.78, 5) is 9.34. The Hall–Kier alpha value is -1.53. The van der Waals surface area contributed by atoms with Crippen molar-refractivity contribution in [1.29, 1.82) is 0 Å². The number of hydrogen-bond acceptors (Lipinski definition) is 4. The summed E-state index contributed by atoms with van der Waals surface area (Å²) in [5, 5.41) is 3.06. The van der Waals surface area contributed by atoms with Gasteiger partial charge in [-0.15, -0.1) is 0 Å². The van der Waals surface area contributed by atoms with Crippen LogP contribution in [0, 0.1) is 5.92 Å². The lowest BCUT2D eigenvalue weighted by Crippen LogP contribution is -2.27. The second-order valence-corrected chi connectivity index (χ2v) is 5.93. The maximum absolute atomic E-state index is 12.9. The first kappa shape index (κ1) is 15.9. The molecule has 1 fully saturated rings. The second kappa shape index (κ2) is 6.07. The standard InChI is InChI=1S/C14H21F3N4/c1-9-4-6-10(7-5-9)18-13-19-11(14(15,16)17)8-12(20-13)21(2)3/h8-10H,4-7H2,1-3H3,(H,18,19,20). The number of alkyl halides is 3. The number of aromatic nitrogens is 2. The molecule has 118 valence electrons. The van der Waals surface area contributed by atoms with Gasteiger partial charge in [0.05, 0.1) is 0 Å². The van der Waals surface area contributed by atoms with Crippen LogP contribution in [0.2, 0.25) is 0 Å². The number of rotatable bonds is 3. The Morgan fingerprint density at radius 2 is 1.76 bits per heavy atom. The van der Waals surface area contributed by atoms with E-state index in [1.165, 1.54) is 0 Å². The SMILES string of the molecule is CC1CCC(Nc2nc(N(C)C)cc(C(F)(F)F)n2)CC1. The molecule has 0 aliphatic heterocycles. The summed E-state index contributed by atoms with van der Waals surface area (Å²) in [5.74, 6) is 1.000. The summed E-state index contributed by atoms with van der Waals surface area (Å²) >= 11 is 0. The molecule has 7 heteroatoms. The molecule has 1 saturated carbocycles. The summed E-state index contributed by atoms with van der Waals surface area (Å²) in [6.07, 6.45) is -0.421. The van der Waals surface area contributed by atoms with Crippen molar-refractivity contribution in [2.75, 3.05) is 24.3 Å². The van der Waals surface area contributed by atoms with E-state index < -0.39 is 11.9 Å². The van der Waals surface area contributed by atoms with Crippen LogP contribution in [0.25, 0.3) is 0 Å². The molecule has 4 nitrogen and oxygen atoms in total. The van der Waals surface area contributed by atoms with Crippen LogP contribution in [0.3, 0.4) is 0 Å². The molecule has 21 heavy (non-hydrogen) atoms. The minimum absolute atomic E-state index is 0.0630. The van der Waals surface area contributed by atoms with Gasteiger partial charge in [0.1, 0.15) is 5.82 Å². The van der Waals surface area contributed by atoms with Gasteiger partial charge >= 0.3 is 6.18 Å². The van der Waals surface area contributed by atoms with E-state index in [9.17, 15) is 13.2 Å². The van der Waals surface area contributed by atoms with Crippen LogP contribution < -0.4 is 10.2 Å². The minimum atomic E-state index is -4.47. The highest BCUT2D eigenvalue weighted by molar-refractivity contribution is 5.44. The molecule has 0 radical (unpaired) electrons. The maximum atomic E-state index is 12.9. The molecular weight excluding hydrogens is 281 g/mol. The topological polar surface area (TPSA) is 41.1 Å². The van der Waals surface area contributed by atoms with E-state index in [1.807, 2.05) is 0 Å². The van der Waals surface area contributed by atoms with Gasteiger partial charge in [0.15, 0.2) is 5.69 Å². The van der Waals surface area contributed by atoms with Crippen molar-refractivity contribution in [3.8, 4) is 0 Å². The van der Waals surface area contributed by atoms with Crippen LogP contribution in [0.5, 0.6) is 0 Å². The first-order valence-corrected chi connectivity index (χ1v) is 7.16. The van der Waals surface area contributed by atoms with E-state index in [0.717, 1.165) is 31.7 Å². The molecule has 1 aliphatic rings. The van der Waals surface area contributed by atoms with Crippen LogP contribution in [0.15, 0.2) is 6.07 Å². The van der Waals surface area contributed by atoms with Crippen LogP contribution in [0.1, 0.15) is 38.3 Å². The molecule has 0 saturated heterocycles. The highest BCUT2D eigenvalue weighted by atomic mass is 19.4. The summed E-state index contributed by atoms with van der Waals surface area (Å²) in [6.45, 7) is 2.20. The summed E-state index contributed by atoms with van der Waals surface area (Å²) in [7, 11) is 3.32. The van der Waals surface area contributed by atoms with Crippen LogP contribution in [-0.4, -0.2) is 30.1 Å². The lowest BCUT2D eigenvalue weighted by molar-refractivity contribution is -0.141. The van der Waals surface area contributed by atoms with Crippen molar-refractivity contribution in [2.45, 2.75) is 44.8 Å². The Balaban J connectivity index is 2.20. The molecule has 0 atom stereocenters. The maximum Gasteiger partial charge on any atom is 0.433 e. The first-order valence-electron chi connectivity index (χ1n) is 7.16. The normalized spacial score (nSPS) is 23.0. The zero-order valence-corrected chi connectivity index (χ0v) is 12.5. The highest BCUT2D eigenvalue weighted by Crippen LogP contribution is 2.31. The van der Waals surface area contributed by atoms with E-state index >= 15 is 0 Å². The molecule has 0 bridgehead atoms. The average molecular weight is 302 g/mol. The Kier molecular flexibility index (Phi) is 4.58. The summed E-state index contributed by atoms with van der Waals surface area (Å²) < 4.78 is 38.7. The Bertz CT molecular complexity index is 480. The summed E-state index contributed by atoms with van der Waals surface area (Å²) in [6, 6.07) is 1.12. The highest BCUT2D eigenvalue weighted by Gasteiger charge is 2.34. The molecule has 0 amide bonds. The zero-order chi connectivity index (χ0) is 15.6. The molecule has 1 heterocycles. The Morgan fingerprint density at radius 1 is 1.14 bits per heavy atom. The number of halogens is 3. The van der Waals surface area contributed by atoms with Crippen molar-refractivity contribution in [1.82, 2.24) is 9.97 Å². The predicted octanol–water partition coefficient (Wildman–Crippen LogP) is 3.55. The minimum Gasteiger partial charge on any atom is -0.363 e. The molecule has 0 aromatic carbocycles. The predicted molar refractivity (Wildman–Crippen MR) is 76.4 cm³/mol. The van der Waals surface area contributed by atoms with E-state index in [4.69, 9.17) is 0 Å². The van der Waals surface area contributed by atoms with Crippen LogP contribution in [0.4, 0.5) is 24.9 Å². The number of hydrogen-bond donors (Lipinski definition) is 1. The van der Waals surface area contributed by atoms with Gasteiger partial charge in [-0.2, -0.15) is 18.2 Å². The molecule has 1 aromatic rings. The third kappa shape index (κ3) is 4.22. The fraction of sp³-hybridized carbons (Fsp3) is 0.714. The monoisotopic (exact) mass is 302 g/mol. The van der Waals surface area contributed by atoms with Crippen molar-refractivity contribution >= 4 is 11.8 Å². The van der Waals surface area contributed by atoms with Gasteiger partial charge in [-0.05, 0) is 31.6 Å². The fourth-order valence-electron chi connectivity index (χ4n) is 2.46. The smallest absolute Gasteiger partial charge is 0.363 e. The van der Waals surface area contributed by atoms with Gasteiger partial charge in [0.25, 0.3) is 0 Å². The quantitative estimate of drug-likeness (QED) is 0.927. The van der Waals surface area contributed by atoms with Gasteiger partial charge < -0.3 is 10.2 Å². The second-order valence-electron chi connectivity index (χ2n) is 5.93. The molecular formula is C14H21F3N4. The Morgan fingerprint density at radius 3 is 2.29 bits per heavy atom. The average Bonchev–Trinajstić information content (AvgIpc) is 2.40. The Labute approximate surface area is 122 Å². The molecule has 2 rings (SSSR count). The molecule has 1 aliphatic carbocycles. The molecule has 0 spiro atoms. The number of nitrogens with one attached hydrogen (secondary N) is 1. The van der Waals surface area contributed by atoms with Crippen molar-refractivity contribution in [2.24, 2.45) is 5.92 Å². The third-order valence-corrected chi connectivity index (χ3v) is 3.81. The molecule has 1 aromatic heterocycles. The van der Waals surface area contributed by atoms with E-state index in [-0.39, 0.29) is 17.8 Å². The first-order chi connectivity index (χ1) is 9.75. The van der Waals surface area contributed by atoms with Gasteiger partial charge in [-0.3, -0.25) is 0 Å².